The lowest BCUT2D eigenvalue weighted by atomic mass is 9.80. The van der Waals surface area contributed by atoms with Gasteiger partial charge in [-0.15, -0.1) is 0 Å². The number of nitrogens with zero attached hydrogens (tertiary/aromatic N) is 1. The first-order valence-electron chi connectivity index (χ1n) is 6.55. The van der Waals surface area contributed by atoms with Crippen LogP contribution in [0.1, 0.15) is 46.5 Å². The van der Waals surface area contributed by atoms with Crippen LogP contribution >= 0.6 is 12.2 Å². The molecule has 0 aromatic carbocycles. The third-order valence-electron chi connectivity index (χ3n) is 3.54. The zero-order valence-electron chi connectivity index (χ0n) is 10.9. The SMILES string of the molecule is CCCN(CC(N)=S)C1CC(C)CC(C)C1. The second-order valence-corrected chi connectivity index (χ2v) is 6.03. The van der Waals surface area contributed by atoms with E-state index in [1.807, 2.05) is 0 Å². The van der Waals surface area contributed by atoms with Crippen LogP contribution in [0.25, 0.3) is 0 Å². The van der Waals surface area contributed by atoms with Gasteiger partial charge in [0.25, 0.3) is 0 Å². The largest absolute Gasteiger partial charge is 0.392 e. The Balaban J connectivity index is 2.57. The van der Waals surface area contributed by atoms with Gasteiger partial charge in [0.15, 0.2) is 0 Å². The Bertz CT molecular complexity index is 220. The predicted octanol–water partition coefficient (Wildman–Crippen LogP) is 2.81. The minimum absolute atomic E-state index is 0.638. The van der Waals surface area contributed by atoms with Gasteiger partial charge in [-0.2, -0.15) is 0 Å². The zero-order valence-corrected chi connectivity index (χ0v) is 11.7. The van der Waals surface area contributed by atoms with Crippen molar-refractivity contribution in [3.05, 3.63) is 0 Å². The summed E-state index contributed by atoms with van der Waals surface area (Å²) >= 11 is 5.05. The quantitative estimate of drug-likeness (QED) is 0.752. The van der Waals surface area contributed by atoms with Gasteiger partial charge in [0, 0.05) is 12.6 Å². The van der Waals surface area contributed by atoms with Gasteiger partial charge in [-0.3, -0.25) is 4.90 Å². The van der Waals surface area contributed by atoms with Crippen molar-refractivity contribution in [3.8, 4) is 0 Å². The summed E-state index contributed by atoms with van der Waals surface area (Å²) in [5.74, 6) is 1.69. The van der Waals surface area contributed by atoms with Crippen LogP contribution in [-0.2, 0) is 0 Å². The molecule has 2 nitrogen and oxygen atoms in total. The Labute approximate surface area is 106 Å². The normalized spacial score (nSPS) is 30.6. The van der Waals surface area contributed by atoms with E-state index in [-0.39, 0.29) is 0 Å². The molecule has 0 aliphatic heterocycles. The van der Waals surface area contributed by atoms with Crippen molar-refractivity contribution >= 4 is 17.2 Å². The highest BCUT2D eigenvalue weighted by Gasteiger charge is 2.28. The number of hydrogen-bond acceptors (Lipinski definition) is 2. The maximum atomic E-state index is 5.69. The lowest BCUT2D eigenvalue weighted by molar-refractivity contribution is 0.124. The van der Waals surface area contributed by atoms with Crippen LogP contribution in [-0.4, -0.2) is 29.0 Å². The molecule has 2 unspecified atom stereocenters. The Morgan fingerprint density at radius 3 is 2.25 bits per heavy atom. The summed E-state index contributed by atoms with van der Waals surface area (Å²) in [4.78, 5) is 3.13. The highest BCUT2D eigenvalue weighted by atomic mass is 32.1. The molecule has 0 amide bonds. The lowest BCUT2D eigenvalue weighted by Crippen LogP contribution is -2.44. The summed E-state index contributed by atoms with van der Waals surface area (Å²) in [5, 5.41) is 0. The smallest absolute Gasteiger partial charge is 0.0870 e. The van der Waals surface area contributed by atoms with Gasteiger partial charge < -0.3 is 5.73 Å². The fourth-order valence-corrected chi connectivity index (χ4v) is 3.25. The number of rotatable bonds is 5. The summed E-state index contributed by atoms with van der Waals surface area (Å²) in [6.45, 7) is 8.89. The Morgan fingerprint density at radius 1 is 1.25 bits per heavy atom. The predicted molar refractivity (Wildman–Crippen MR) is 74.6 cm³/mol. The average molecular weight is 242 g/mol. The van der Waals surface area contributed by atoms with Crippen molar-refractivity contribution in [3.63, 3.8) is 0 Å². The molecule has 1 aliphatic rings. The zero-order chi connectivity index (χ0) is 12.1. The molecule has 1 fully saturated rings. The van der Waals surface area contributed by atoms with Crippen LogP contribution in [0, 0.1) is 11.8 Å². The van der Waals surface area contributed by atoms with Crippen LogP contribution in [0.5, 0.6) is 0 Å². The van der Waals surface area contributed by atoms with Crippen LogP contribution < -0.4 is 5.73 Å². The van der Waals surface area contributed by atoms with Gasteiger partial charge in [0.05, 0.1) is 4.99 Å². The standard InChI is InChI=1S/C13H26N2S/c1-4-5-15(9-13(14)16)12-7-10(2)6-11(3)8-12/h10-12H,4-9H2,1-3H3,(H2,14,16). The van der Waals surface area contributed by atoms with E-state index in [0.29, 0.717) is 11.0 Å². The van der Waals surface area contributed by atoms with E-state index in [1.165, 1.54) is 25.7 Å². The van der Waals surface area contributed by atoms with E-state index in [2.05, 4.69) is 25.7 Å². The first-order chi connectivity index (χ1) is 7.52. The molecule has 0 aromatic heterocycles. The molecule has 94 valence electrons. The number of hydrogen-bond donors (Lipinski definition) is 1. The second kappa shape index (κ2) is 6.55. The first kappa shape index (κ1) is 13.9. The highest BCUT2D eigenvalue weighted by molar-refractivity contribution is 7.80. The molecular weight excluding hydrogens is 216 g/mol. The monoisotopic (exact) mass is 242 g/mol. The first-order valence-corrected chi connectivity index (χ1v) is 6.96. The molecule has 0 heterocycles. The summed E-state index contributed by atoms with van der Waals surface area (Å²) < 4.78 is 0. The molecule has 1 rings (SSSR count). The number of nitrogens with two attached hydrogens (primary N) is 1. The summed E-state index contributed by atoms with van der Waals surface area (Å²) in [6.07, 6.45) is 5.19. The van der Waals surface area contributed by atoms with Crippen molar-refractivity contribution in [2.75, 3.05) is 13.1 Å². The van der Waals surface area contributed by atoms with Crippen LogP contribution in [0.15, 0.2) is 0 Å². The molecule has 2 atom stereocenters. The summed E-state index contributed by atoms with van der Waals surface area (Å²) in [6, 6.07) is 0.695. The van der Waals surface area contributed by atoms with Gasteiger partial charge in [-0.05, 0) is 44.1 Å². The third kappa shape index (κ3) is 4.38. The molecule has 0 saturated heterocycles. The summed E-state index contributed by atoms with van der Waals surface area (Å²) in [5.41, 5.74) is 5.69. The molecule has 0 aromatic rings. The molecule has 16 heavy (non-hydrogen) atoms. The van der Waals surface area contributed by atoms with Gasteiger partial charge in [0.1, 0.15) is 0 Å². The van der Waals surface area contributed by atoms with Crippen LogP contribution in [0.2, 0.25) is 0 Å². The fourth-order valence-electron chi connectivity index (χ4n) is 3.08. The Hall–Kier alpha value is -0.150. The number of thiocarbonyl (C=S) groups is 1. The van der Waals surface area contributed by atoms with E-state index in [4.69, 9.17) is 18.0 Å². The molecule has 0 spiro atoms. The van der Waals surface area contributed by atoms with Gasteiger partial charge in [-0.1, -0.05) is 33.0 Å². The van der Waals surface area contributed by atoms with Crippen molar-refractivity contribution in [2.24, 2.45) is 17.6 Å². The molecule has 1 saturated carbocycles. The maximum Gasteiger partial charge on any atom is 0.0870 e. The average Bonchev–Trinajstić information content (AvgIpc) is 2.14. The van der Waals surface area contributed by atoms with E-state index in [0.717, 1.165) is 24.9 Å². The lowest BCUT2D eigenvalue weighted by Gasteiger charge is -2.39. The molecule has 3 heteroatoms. The fraction of sp³-hybridized carbons (Fsp3) is 0.923. The van der Waals surface area contributed by atoms with Crippen LogP contribution in [0.4, 0.5) is 0 Å². The Morgan fingerprint density at radius 2 is 1.81 bits per heavy atom. The summed E-state index contributed by atoms with van der Waals surface area (Å²) in [7, 11) is 0. The topological polar surface area (TPSA) is 29.3 Å². The van der Waals surface area contributed by atoms with E-state index < -0.39 is 0 Å². The van der Waals surface area contributed by atoms with E-state index >= 15 is 0 Å². The van der Waals surface area contributed by atoms with Crippen LogP contribution in [0.3, 0.4) is 0 Å². The Kier molecular flexibility index (Phi) is 5.70. The van der Waals surface area contributed by atoms with Gasteiger partial charge in [-0.25, -0.2) is 0 Å². The van der Waals surface area contributed by atoms with Crippen molar-refractivity contribution < 1.29 is 0 Å². The van der Waals surface area contributed by atoms with Gasteiger partial charge in [0.2, 0.25) is 0 Å². The molecule has 0 radical (unpaired) electrons. The second-order valence-electron chi connectivity index (χ2n) is 5.51. The third-order valence-corrected chi connectivity index (χ3v) is 3.67. The maximum absolute atomic E-state index is 5.69. The van der Waals surface area contributed by atoms with Gasteiger partial charge >= 0.3 is 0 Å². The molecule has 2 N–H and O–H groups in total. The van der Waals surface area contributed by atoms with Crippen molar-refractivity contribution in [2.45, 2.75) is 52.5 Å². The molecule has 1 aliphatic carbocycles. The van der Waals surface area contributed by atoms with E-state index in [1.54, 1.807) is 0 Å². The van der Waals surface area contributed by atoms with Crippen molar-refractivity contribution in [1.82, 2.24) is 4.90 Å². The van der Waals surface area contributed by atoms with Crippen molar-refractivity contribution in [1.29, 1.82) is 0 Å². The molecule has 0 bridgehead atoms. The highest BCUT2D eigenvalue weighted by Crippen LogP contribution is 2.31. The molecular formula is C13H26N2S. The van der Waals surface area contributed by atoms with E-state index in [9.17, 15) is 0 Å². The minimum Gasteiger partial charge on any atom is -0.392 e. The minimum atomic E-state index is 0.638.